The van der Waals surface area contributed by atoms with Gasteiger partial charge in [-0.05, 0) is 71.6 Å². The van der Waals surface area contributed by atoms with Gasteiger partial charge >= 0.3 is 23.9 Å². The number of aliphatic carboxylic acids is 4. The second-order valence-electron chi connectivity index (χ2n) is 27.0. The number of carboxylic acids is 4. The molecular weight excluding hydrogens is 1330 g/mol. The summed E-state index contributed by atoms with van der Waals surface area (Å²) in [5.41, 5.74) is 5.70. The second-order valence-corrected chi connectivity index (χ2v) is 27.0. The number of carboxylic acid groups (broad SMARTS) is 4. The number of nitrogens with two attached hydrogens (primary N) is 1. The number of aromatic nitrogens is 2. The number of carbonyl (C=O) groups is 14. The average Bonchev–Trinajstić information content (AvgIpc) is 1.000. The number of aliphatic hydroxyl groups excluding tert-OH is 1. The Bertz CT molecular complexity index is 2690. The van der Waals surface area contributed by atoms with Gasteiger partial charge < -0.3 is 76.5 Å². The molecule has 12 N–H and O–H groups in total. The van der Waals surface area contributed by atoms with E-state index in [0.29, 0.717) is 31.4 Å². The van der Waals surface area contributed by atoms with E-state index in [0.717, 1.165) is 51.4 Å². The van der Waals surface area contributed by atoms with Crippen LogP contribution in [0.5, 0.6) is 0 Å². The maximum atomic E-state index is 13.6. The lowest BCUT2D eigenvalue weighted by Crippen LogP contribution is -2.42. The van der Waals surface area contributed by atoms with Gasteiger partial charge in [0.25, 0.3) is 0 Å². The first-order chi connectivity index (χ1) is 48.5. The fourth-order valence-electron chi connectivity index (χ4n) is 11.3. The summed E-state index contributed by atoms with van der Waals surface area (Å²) in [6, 6.07) is -3.51. The molecule has 1 rings (SSSR count). The monoisotopic (exact) mass is 1450 g/mol. The minimum absolute atomic E-state index is 0.00681. The summed E-state index contributed by atoms with van der Waals surface area (Å²) in [5.74, 6) is -11.7. The molecule has 0 aromatic carbocycles. The summed E-state index contributed by atoms with van der Waals surface area (Å²) in [6.07, 6.45) is 16.8. The standard InChI is InChI=1S/C72H119N7O23/c1-50(80)57(51(2)81)44-61(84)52(26-31-63(86)72(3,4)45-62(85)58(73)43-54-46-74-49-77-54)22-19-20-34-75-64(87)33-30-60(71(97)98)79-66(89)32-27-53(69(93)94)42-56(83)47-101-40-39-100-37-35-76-67(90)48-102-41-38-99-36-21-23-55(82)28-29-59(70(95)96)78-65(88)24-17-15-13-11-9-7-5-6-8-10-12-14-16-18-25-68(91)92/h46,49-50,52-53,57-60,80H,5-45,47-48,73H2,1-4H3,(H,74,77)(H,75,87)(H,76,90)(H,78,88)(H,79,89)(H,91,92)(H,93,94)(H,95,96)(H,97,98)/t50-,52-,53-,57+,58+,59+,60+/m1/s1. The Kier molecular flexibility index (Phi) is 51.1. The number of nitrogens with one attached hydrogen (secondary N) is 5. The first kappa shape index (κ1) is 92.8. The highest BCUT2D eigenvalue weighted by Crippen LogP contribution is 2.29. The molecule has 1 heterocycles. The van der Waals surface area contributed by atoms with Crippen LogP contribution in [0.4, 0.5) is 0 Å². The van der Waals surface area contributed by atoms with E-state index in [2.05, 4.69) is 31.2 Å². The molecule has 30 nitrogen and oxygen atoms in total. The largest absolute Gasteiger partial charge is 0.481 e. The Morgan fingerprint density at radius 1 is 0.500 bits per heavy atom. The van der Waals surface area contributed by atoms with Gasteiger partial charge in [0.1, 0.15) is 48.4 Å². The first-order valence-electron chi connectivity index (χ1n) is 36.4. The second kappa shape index (κ2) is 56.2. The molecule has 0 spiro atoms. The highest BCUT2D eigenvalue weighted by molar-refractivity contribution is 5.94. The van der Waals surface area contributed by atoms with Crippen LogP contribution in [0.2, 0.25) is 0 Å². The Balaban J connectivity index is 2.26. The Labute approximate surface area is 599 Å². The smallest absolute Gasteiger partial charge is 0.326 e. The van der Waals surface area contributed by atoms with Gasteiger partial charge in [-0.25, -0.2) is 14.6 Å². The van der Waals surface area contributed by atoms with Crippen molar-refractivity contribution in [1.82, 2.24) is 31.2 Å². The lowest BCUT2D eigenvalue weighted by molar-refractivity contribution is -0.145. The van der Waals surface area contributed by atoms with Crippen molar-refractivity contribution >= 4 is 82.2 Å². The summed E-state index contributed by atoms with van der Waals surface area (Å²) in [4.78, 5) is 181. The molecule has 0 radical (unpaired) electrons. The van der Waals surface area contributed by atoms with E-state index in [1.54, 1.807) is 20.0 Å². The van der Waals surface area contributed by atoms with Crippen LogP contribution in [-0.2, 0) is 92.5 Å². The van der Waals surface area contributed by atoms with Crippen molar-refractivity contribution in [2.45, 2.75) is 264 Å². The summed E-state index contributed by atoms with van der Waals surface area (Å²) in [5, 5.41) is 58.1. The lowest BCUT2D eigenvalue weighted by atomic mass is 9.77. The highest BCUT2D eigenvalue weighted by atomic mass is 16.5. The zero-order chi connectivity index (χ0) is 76.1. The molecule has 0 saturated carbocycles. The third-order valence-electron chi connectivity index (χ3n) is 17.6. The number of ketones is 6. The molecule has 30 heteroatoms. The number of hydrogen-bond donors (Lipinski definition) is 11. The van der Waals surface area contributed by atoms with E-state index in [4.69, 9.17) is 29.8 Å². The van der Waals surface area contributed by atoms with Crippen molar-refractivity contribution < 1.29 is 112 Å². The number of nitrogens with zero attached hydrogens (tertiary/aromatic N) is 1. The van der Waals surface area contributed by atoms with Crippen LogP contribution in [0, 0.1) is 23.2 Å². The molecule has 0 unspecified atom stereocenters. The summed E-state index contributed by atoms with van der Waals surface area (Å²) in [7, 11) is 0. The van der Waals surface area contributed by atoms with Gasteiger partial charge in [0.05, 0.1) is 57.4 Å². The van der Waals surface area contributed by atoms with E-state index < -0.39 is 114 Å². The van der Waals surface area contributed by atoms with Crippen LogP contribution >= 0.6 is 0 Å². The zero-order valence-corrected chi connectivity index (χ0v) is 60.7. The number of imidazole rings is 1. The molecule has 7 atom stereocenters. The number of H-pyrrole nitrogens is 1. The predicted molar refractivity (Wildman–Crippen MR) is 373 cm³/mol. The average molecular weight is 1450 g/mol. The van der Waals surface area contributed by atoms with Gasteiger partial charge in [0.2, 0.25) is 23.6 Å². The molecular formula is C72H119N7O23. The van der Waals surface area contributed by atoms with Crippen molar-refractivity contribution in [3.8, 4) is 0 Å². The van der Waals surface area contributed by atoms with Crippen molar-refractivity contribution in [2.75, 3.05) is 65.9 Å². The van der Waals surface area contributed by atoms with Crippen LogP contribution in [-0.4, -0.2) is 208 Å². The Hall–Kier alpha value is -7.25. The van der Waals surface area contributed by atoms with Gasteiger partial charge in [0.15, 0.2) is 11.6 Å². The molecule has 0 bridgehead atoms. The molecule has 1 aromatic rings. The molecule has 102 heavy (non-hydrogen) atoms. The van der Waals surface area contributed by atoms with Crippen molar-refractivity contribution in [2.24, 2.45) is 28.9 Å². The molecule has 4 amide bonds. The maximum absolute atomic E-state index is 13.6. The minimum Gasteiger partial charge on any atom is -0.481 e. The normalized spacial score (nSPS) is 13.5. The number of aromatic amines is 1. The van der Waals surface area contributed by atoms with E-state index in [-0.39, 0.29) is 184 Å². The number of aliphatic hydroxyl groups is 1. The number of hydrogen-bond acceptors (Lipinski definition) is 21. The number of carbonyl (C=O) groups excluding carboxylic acids is 10. The van der Waals surface area contributed by atoms with Gasteiger partial charge in [0, 0.05) is 119 Å². The molecule has 0 saturated heterocycles. The van der Waals surface area contributed by atoms with E-state index in [1.165, 1.54) is 52.3 Å². The Morgan fingerprint density at radius 3 is 1.57 bits per heavy atom. The number of ether oxygens (including phenoxy) is 4. The van der Waals surface area contributed by atoms with Crippen LogP contribution in [0.3, 0.4) is 0 Å². The van der Waals surface area contributed by atoms with Gasteiger partial charge in [-0.2, -0.15) is 0 Å². The van der Waals surface area contributed by atoms with Gasteiger partial charge in [-0.1, -0.05) is 97.3 Å². The number of unbranched alkanes of at least 4 members (excludes halogenated alkanes) is 14. The summed E-state index contributed by atoms with van der Waals surface area (Å²) >= 11 is 0. The third-order valence-corrected chi connectivity index (χ3v) is 17.6. The van der Waals surface area contributed by atoms with Crippen LogP contribution in [0.1, 0.15) is 239 Å². The van der Waals surface area contributed by atoms with Gasteiger partial charge in [-0.15, -0.1) is 0 Å². The molecule has 0 fully saturated rings. The van der Waals surface area contributed by atoms with Crippen LogP contribution in [0.25, 0.3) is 0 Å². The quantitative estimate of drug-likeness (QED) is 0.0330. The summed E-state index contributed by atoms with van der Waals surface area (Å²) < 4.78 is 21.5. The predicted octanol–water partition coefficient (Wildman–Crippen LogP) is 6.06. The van der Waals surface area contributed by atoms with E-state index in [9.17, 15) is 87.5 Å². The number of amides is 4. The molecule has 0 aliphatic rings. The molecule has 0 aliphatic heterocycles. The van der Waals surface area contributed by atoms with Gasteiger partial charge in [-0.3, -0.25) is 57.5 Å². The fraction of sp³-hybridized carbons (Fsp3) is 0.764. The minimum atomic E-state index is -1.50. The van der Waals surface area contributed by atoms with Crippen LogP contribution in [0.15, 0.2) is 12.5 Å². The Morgan fingerprint density at radius 2 is 1.02 bits per heavy atom. The SMILES string of the molecule is CC(=O)[C@@H](CC(=O)[C@H](CCCCNC(=O)CC[C@H](NC(=O)CC[C@H](CC(=O)COCCOCCNC(=O)COCCOCCCC(=O)CC[C@H](NC(=O)CCCCCCCCCCCCCCCCC(=O)O)C(=O)O)C(=O)O)C(=O)O)CCC(=O)C(C)(C)CC(=O)[C@@H](N)Cc1cnc[nH]1)[C@@H](C)O. The molecule has 0 aliphatic carbocycles. The summed E-state index contributed by atoms with van der Waals surface area (Å²) in [6.45, 7) is 6.14. The maximum Gasteiger partial charge on any atom is 0.326 e. The van der Waals surface area contributed by atoms with Crippen molar-refractivity contribution in [1.29, 1.82) is 0 Å². The van der Waals surface area contributed by atoms with Crippen molar-refractivity contribution in [3.63, 3.8) is 0 Å². The van der Waals surface area contributed by atoms with E-state index >= 15 is 0 Å². The zero-order valence-electron chi connectivity index (χ0n) is 60.7. The fourth-order valence-corrected chi connectivity index (χ4v) is 11.3. The first-order valence-corrected chi connectivity index (χ1v) is 36.4. The van der Waals surface area contributed by atoms with Crippen LogP contribution < -0.4 is 27.0 Å². The van der Waals surface area contributed by atoms with E-state index in [1.807, 2.05) is 0 Å². The highest BCUT2D eigenvalue weighted by Gasteiger charge is 2.34. The lowest BCUT2D eigenvalue weighted by Gasteiger charge is -2.25. The third kappa shape index (κ3) is 47.8. The number of rotatable bonds is 69. The topological polar surface area (TPSA) is 480 Å². The number of Topliss-reactive ketones (excluding diaryl/α,β-unsaturated/α-hetero) is 6. The molecule has 580 valence electrons. The van der Waals surface area contributed by atoms with Crippen molar-refractivity contribution in [3.05, 3.63) is 18.2 Å². The molecule has 1 aromatic heterocycles.